The van der Waals surface area contributed by atoms with Gasteiger partial charge in [-0.25, -0.2) is 0 Å². The third-order valence-corrected chi connectivity index (χ3v) is 2.96. The van der Waals surface area contributed by atoms with Crippen molar-refractivity contribution in [2.45, 2.75) is 45.7 Å². The van der Waals surface area contributed by atoms with Crippen molar-refractivity contribution in [3.63, 3.8) is 0 Å². The summed E-state index contributed by atoms with van der Waals surface area (Å²) < 4.78 is 0. The minimum atomic E-state index is -0.945. The monoisotopic (exact) mass is 256 g/mol. The zero-order valence-corrected chi connectivity index (χ0v) is 11.5. The lowest BCUT2D eigenvalue weighted by Gasteiger charge is -2.27. The molecule has 0 aliphatic carbocycles. The van der Waals surface area contributed by atoms with Crippen molar-refractivity contribution >= 4 is 11.9 Å². The van der Waals surface area contributed by atoms with E-state index in [1.807, 2.05) is 13.8 Å². The zero-order valence-electron chi connectivity index (χ0n) is 11.5. The number of carbonyl (C=O) groups is 2. The van der Waals surface area contributed by atoms with Gasteiger partial charge in [0, 0.05) is 12.6 Å². The molecule has 1 amide bonds. The Kier molecular flexibility index (Phi) is 8.03. The van der Waals surface area contributed by atoms with Gasteiger partial charge in [0.2, 0.25) is 5.91 Å². The maximum absolute atomic E-state index is 12.0. The van der Waals surface area contributed by atoms with Gasteiger partial charge >= 0.3 is 5.97 Å². The number of hydrogen-bond acceptors (Lipinski definition) is 3. The molecule has 0 radical (unpaired) electrons. The van der Waals surface area contributed by atoms with Crippen molar-refractivity contribution in [1.82, 2.24) is 10.2 Å². The molecule has 1 atom stereocenters. The van der Waals surface area contributed by atoms with Gasteiger partial charge in [-0.2, -0.15) is 0 Å². The minimum absolute atomic E-state index is 0.133. The first-order chi connectivity index (χ1) is 8.46. The second-order valence-electron chi connectivity index (χ2n) is 4.31. The topological polar surface area (TPSA) is 69.6 Å². The van der Waals surface area contributed by atoms with E-state index in [9.17, 15) is 9.59 Å². The first-order valence-electron chi connectivity index (χ1n) is 6.33. The number of rotatable bonds is 9. The largest absolute Gasteiger partial charge is 0.480 e. The predicted molar refractivity (Wildman–Crippen MR) is 71.4 cm³/mol. The Hall–Kier alpha value is -1.36. The van der Waals surface area contributed by atoms with Crippen LogP contribution < -0.4 is 5.32 Å². The van der Waals surface area contributed by atoms with Gasteiger partial charge in [0.05, 0.1) is 12.6 Å². The highest BCUT2D eigenvalue weighted by Crippen LogP contribution is 2.03. The van der Waals surface area contributed by atoms with Crippen molar-refractivity contribution in [3.05, 3.63) is 12.7 Å². The molecule has 0 saturated heterocycles. The molecule has 0 spiro atoms. The van der Waals surface area contributed by atoms with Crippen LogP contribution in [0.1, 0.15) is 33.6 Å². The zero-order chi connectivity index (χ0) is 14.1. The van der Waals surface area contributed by atoms with Crippen molar-refractivity contribution in [2.24, 2.45) is 0 Å². The van der Waals surface area contributed by atoms with Crippen LogP contribution in [0.5, 0.6) is 0 Å². The summed E-state index contributed by atoms with van der Waals surface area (Å²) in [5, 5.41) is 11.7. The van der Waals surface area contributed by atoms with Crippen LogP contribution in [0.25, 0.3) is 0 Å². The third kappa shape index (κ3) is 5.82. The second-order valence-corrected chi connectivity index (χ2v) is 4.31. The van der Waals surface area contributed by atoms with Crippen LogP contribution in [0, 0.1) is 0 Å². The number of aliphatic carboxylic acids is 1. The quantitative estimate of drug-likeness (QED) is 0.609. The summed E-state index contributed by atoms with van der Waals surface area (Å²) in [6.07, 6.45) is 3.34. The highest BCUT2D eigenvalue weighted by molar-refractivity contribution is 5.82. The Morgan fingerprint density at radius 2 is 1.94 bits per heavy atom. The van der Waals surface area contributed by atoms with E-state index < -0.39 is 12.0 Å². The van der Waals surface area contributed by atoms with Gasteiger partial charge in [-0.1, -0.05) is 19.9 Å². The lowest BCUT2D eigenvalue weighted by Crippen LogP contribution is -2.49. The lowest BCUT2D eigenvalue weighted by atomic mass is 10.1. The predicted octanol–water partition coefficient (Wildman–Crippen LogP) is 1.25. The average molecular weight is 256 g/mol. The smallest absolute Gasteiger partial charge is 0.317 e. The van der Waals surface area contributed by atoms with Gasteiger partial charge in [-0.15, -0.1) is 6.58 Å². The summed E-state index contributed by atoms with van der Waals surface area (Å²) in [6.45, 7) is 9.53. The summed E-state index contributed by atoms with van der Waals surface area (Å²) >= 11 is 0. The lowest BCUT2D eigenvalue weighted by molar-refractivity contribution is -0.139. The van der Waals surface area contributed by atoms with Gasteiger partial charge in [0.15, 0.2) is 0 Å². The molecule has 0 bridgehead atoms. The van der Waals surface area contributed by atoms with E-state index in [1.54, 1.807) is 17.9 Å². The fraction of sp³-hybridized carbons (Fsp3) is 0.692. The van der Waals surface area contributed by atoms with Crippen LogP contribution in [0.3, 0.4) is 0 Å². The Balaban J connectivity index is 4.54. The summed E-state index contributed by atoms with van der Waals surface area (Å²) in [4.78, 5) is 24.3. The van der Waals surface area contributed by atoms with Crippen molar-refractivity contribution in [1.29, 1.82) is 0 Å². The van der Waals surface area contributed by atoms with Crippen LogP contribution in [-0.4, -0.2) is 47.1 Å². The van der Waals surface area contributed by atoms with Crippen LogP contribution in [0.15, 0.2) is 12.7 Å². The molecule has 0 saturated carbocycles. The van der Waals surface area contributed by atoms with Crippen molar-refractivity contribution in [2.75, 3.05) is 13.1 Å². The molecule has 0 heterocycles. The highest BCUT2D eigenvalue weighted by Gasteiger charge is 2.23. The maximum atomic E-state index is 12.0. The van der Waals surface area contributed by atoms with Gasteiger partial charge in [-0.05, 0) is 19.8 Å². The second kappa shape index (κ2) is 8.69. The average Bonchev–Trinajstić information content (AvgIpc) is 2.33. The summed E-state index contributed by atoms with van der Waals surface area (Å²) in [5.74, 6) is -1.08. The molecule has 1 unspecified atom stereocenters. The SMILES string of the molecule is C=CCN(CC(=O)O)C(C)C(=O)NC(CC)CC. The number of nitrogens with zero attached hydrogens (tertiary/aromatic N) is 1. The standard InChI is InChI=1S/C13H24N2O3/c1-5-8-15(9-12(16)17)10(4)13(18)14-11(6-2)7-3/h5,10-11H,1,6-9H2,2-4H3,(H,14,18)(H,16,17). The van der Waals surface area contributed by atoms with E-state index in [1.165, 1.54) is 0 Å². The first-order valence-corrected chi connectivity index (χ1v) is 6.33. The van der Waals surface area contributed by atoms with Crippen molar-refractivity contribution < 1.29 is 14.7 Å². The van der Waals surface area contributed by atoms with Gasteiger partial charge in [0.1, 0.15) is 0 Å². The Bertz CT molecular complexity index is 288. The van der Waals surface area contributed by atoms with E-state index in [-0.39, 0.29) is 18.5 Å². The number of amides is 1. The highest BCUT2D eigenvalue weighted by atomic mass is 16.4. The third-order valence-electron chi connectivity index (χ3n) is 2.96. The Labute approximate surface area is 109 Å². The number of nitrogens with one attached hydrogen (secondary N) is 1. The molecule has 5 nitrogen and oxygen atoms in total. The van der Waals surface area contributed by atoms with Crippen LogP contribution in [0.2, 0.25) is 0 Å². The molecule has 18 heavy (non-hydrogen) atoms. The summed E-state index contributed by atoms with van der Waals surface area (Å²) in [5.41, 5.74) is 0. The van der Waals surface area contributed by atoms with Gasteiger partial charge in [0.25, 0.3) is 0 Å². The fourth-order valence-corrected chi connectivity index (χ4v) is 1.68. The van der Waals surface area contributed by atoms with Gasteiger partial charge in [-0.3, -0.25) is 14.5 Å². The Morgan fingerprint density at radius 1 is 1.39 bits per heavy atom. The molecule has 0 rings (SSSR count). The number of hydrogen-bond donors (Lipinski definition) is 2. The Morgan fingerprint density at radius 3 is 2.33 bits per heavy atom. The van der Waals surface area contributed by atoms with Crippen molar-refractivity contribution in [3.8, 4) is 0 Å². The van der Waals surface area contributed by atoms with E-state index in [0.717, 1.165) is 12.8 Å². The summed E-state index contributed by atoms with van der Waals surface area (Å²) in [7, 11) is 0. The number of carboxylic acid groups (broad SMARTS) is 1. The van der Waals surface area contributed by atoms with Crippen LogP contribution in [0.4, 0.5) is 0 Å². The molecule has 0 aromatic rings. The number of carbonyl (C=O) groups excluding carboxylic acids is 1. The molecule has 0 aliphatic rings. The molecule has 2 N–H and O–H groups in total. The molecule has 0 aliphatic heterocycles. The van der Waals surface area contributed by atoms with E-state index in [0.29, 0.717) is 6.54 Å². The minimum Gasteiger partial charge on any atom is -0.480 e. The molecule has 0 fully saturated rings. The fourth-order valence-electron chi connectivity index (χ4n) is 1.68. The van der Waals surface area contributed by atoms with Crippen LogP contribution in [-0.2, 0) is 9.59 Å². The van der Waals surface area contributed by atoms with Crippen LogP contribution >= 0.6 is 0 Å². The first kappa shape index (κ1) is 16.6. The van der Waals surface area contributed by atoms with E-state index in [4.69, 9.17) is 5.11 Å². The van der Waals surface area contributed by atoms with E-state index >= 15 is 0 Å². The molecule has 0 aromatic carbocycles. The molecule has 104 valence electrons. The maximum Gasteiger partial charge on any atom is 0.317 e. The normalized spacial score (nSPS) is 12.5. The molecule has 5 heteroatoms. The van der Waals surface area contributed by atoms with E-state index in [2.05, 4.69) is 11.9 Å². The molecular weight excluding hydrogens is 232 g/mol. The van der Waals surface area contributed by atoms with Gasteiger partial charge < -0.3 is 10.4 Å². The molecular formula is C13H24N2O3. The molecule has 0 aromatic heterocycles. The number of carboxylic acids is 1. The summed E-state index contributed by atoms with van der Waals surface area (Å²) in [6, 6.07) is -0.324.